The molecule has 2 aliphatic heterocycles. The summed E-state index contributed by atoms with van der Waals surface area (Å²) in [6, 6.07) is 9.74. The molecule has 1 saturated heterocycles. The molecule has 0 aromatic heterocycles. The number of fused-ring (bicyclic) bond motifs is 1. The van der Waals surface area contributed by atoms with Gasteiger partial charge in [-0.15, -0.1) is 0 Å². The van der Waals surface area contributed by atoms with Crippen molar-refractivity contribution >= 4 is 28.9 Å². The number of aliphatic imine (C=N–C) groups is 1. The molecule has 0 bridgehead atoms. The summed E-state index contributed by atoms with van der Waals surface area (Å²) in [6.45, 7) is 4.10. The van der Waals surface area contributed by atoms with Crippen LogP contribution in [0.15, 0.2) is 35.3 Å². The predicted octanol–water partition coefficient (Wildman–Crippen LogP) is 2.31. The van der Waals surface area contributed by atoms with Gasteiger partial charge in [0.1, 0.15) is 0 Å². The number of urea groups is 1. The molecular formula is C18H24N4O2S. The first-order chi connectivity index (χ1) is 12.0. The highest BCUT2D eigenvalue weighted by Gasteiger charge is 2.49. The Morgan fingerprint density at radius 2 is 1.96 bits per heavy atom. The Hall–Kier alpha value is -2.02. The second kappa shape index (κ2) is 7.47. The van der Waals surface area contributed by atoms with Crippen LogP contribution in [0.1, 0.15) is 25.8 Å². The minimum Gasteiger partial charge on any atom is -0.333 e. The average molecular weight is 360 g/mol. The fourth-order valence-corrected chi connectivity index (χ4v) is 4.33. The summed E-state index contributed by atoms with van der Waals surface area (Å²) in [5, 5.41) is 3.27. The molecule has 1 fully saturated rings. The van der Waals surface area contributed by atoms with E-state index >= 15 is 0 Å². The van der Waals surface area contributed by atoms with Crippen LogP contribution >= 0.6 is 11.8 Å². The van der Waals surface area contributed by atoms with Crippen LogP contribution in [0.25, 0.3) is 0 Å². The van der Waals surface area contributed by atoms with E-state index in [1.165, 1.54) is 10.5 Å². The smallest absolute Gasteiger partial charge is 0.325 e. The van der Waals surface area contributed by atoms with Gasteiger partial charge in [0.15, 0.2) is 17.4 Å². The topological polar surface area (TPSA) is 65.0 Å². The molecule has 1 aromatic rings. The standard InChI is InChI=1S/C18H24N4O2S/c1-12(2)22-14-15(21(3)17(24)20-16(14)23)19-18(22)25-11-7-10-13-8-5-4-6-9-13/h4-6,8-9,12,14-15H,7,10-11H2,1-3H3,(H,20,23,24). The number of amidine groups is 1. The van der Waals surface area contributed by atoms with E-state index in [4.69, 9.17) is 0 Å². The van der Waals surface area contributed by atoms with Crippen molar-refractivity contribution in [1.82, 2.24) is 15.1 Å². The zero-order chi connectivity index (χ0) is 18.0. The summed E-state index contributed by atoms with van der Waals surface area (Å²) in [7, 11) is 1.68. The van der Waals surface area contributed by atoms with Gasteiger partial charge in [0.2, 0.25) is 0 Å². The number of hydrogen-bond acceptors (Lipinski definition) is 5. The number of likely N-dealkylation sites (N-methyl/N-ethyl adjacent to an activating group) is 1. The Labute approximate surface area is 152 Å². The van der Waals surface area contributed by atoms with Crippen molar-refractivity contribution in [3.05, 3.63) is 35.9 Å². The van der Waals surface area contributed by atoms with Crippen LogP contribution in [-0.4, -0.2) is 58.0 Å². The number of nitrogens with one attached hydrogen (secondary N) is 1. The summed E-state index contributed by atoms with van der Waals surface area (Å²) < 4.78 is 0. The number of benzene rings is 1. The van der Waals surface area contributed by atoms with Crippen molar-refractivity contribution < 1.29 is 9.59 Å². The van der Waals surface area contributed by atoms with E-state index in [9.17, 15) is 9.59 Å². The minimum absolute atomic E-state index is 0.141. The van der Waals surface area contributed by atoms with Crippen LogP contribution < -0.4 is 5.32 Å². The maximum absolute atomic E-state index is 12.3. The maximum atomic E-state index is 12.3. The number of hydrogen-bond donors (Lipinski definition) is 1. The number of carbonyl (C=O) groups is 2. The van der Waals surface area contributed by atoms with Gasteiger partial charge in [0.05, 0.1) is 0 Å². The van der Waals surface area contributed by atoms with Crippen molar-refractivity contribution in [1.29, 1.82) is 0 Å². The summed E-state index contributed by atoms with van der Waals surface area (Å²) in [5.41, 5.74) is 1.33. The molecular weight excluding hydrogens is 336 g/mol. The Balaban J connectivity index is 1.64. The molecule has 3 amide bonds. The van der Waals surface area contributed by atoms with Gasteiger partial charge in [0.25, 0.3) is 5.91 Å². The maximum Gasteiger partial charge on any atom is 0.325 e. The van der Waals surface area contributed by atoms with E-state index in [-0.39, 0.29) is 18.0 Å². The van der Waals surface area contributed by atoms with Crippen LogP contribution in [-0.2, 0) is 11.2 Å². The second-order valence-electron chi connectivity index (χ2n) is 6.61. The van der Waals surface area contributed by atoms with Gasteiger partial charge in [-0.1, -0.05) is 42.1 Å². The molecule has 0 radical (unpaired) electrons. The molecule has 2 atom stereocenters. The third-order valence-electron chi connectivity index (χ3n) is 4.50. The second-order valence-corrected chi connectivity index (χ2v) is 7.68. The largest absolute Gasteiger partial charge is 0.333 e. The lowest BCUT2D eigenvalue weighted by molar-refractivity contribution is -0.127. The number of carbonyl (C=O) groups excluding carboxylic acids is 2. The fourth-order valence-electron chi connectivity index (χ4n) is 3.20. The lowest BCUT2D eigenvalue weighted by atomic mass is 10.1. The lowest BCUT2D eigenvalue weighted by Crippen LogP contribution is -2.64. The lowest BCUT2D eigenvalue weighted by Gasteiger charge is -2.37. The minimum atomic E-state index is -0.431. The van der Waals surface area contributed by atoms with Crippen molar-refractivity contribution in [3.63, 3.8) is 0 Å². The summed E-state index contributed by atoms with van der Waals surface area (Å²) >= 11 is 1.67. The van der Waals surface area contributed by atoms with Crippen LogP contribution in [0, 0.1) is 0 Å². The molecule has 1 N–H and O–H groups in total. The van der Waals surface area contributed by atoms with Gasteiger partial charge >= 0.3 is 6.03 Å². The molecule has 25 heavy (non-hydrogen) atoms. The van der Waals surface area contributed by atoms with Crippen molar-refractivity contribution in [2.75, 3.05) is 12.8 Å². The van der Waals surface area contributed by atoms with Crippen molar-refractivity contribution in [3.8, 4) is 0 Å². The molecule has 2 aliphatic rings. The van der Waals surface area contributed by atoms with Gasteiger partial charge in [-0.3, -0.25) is 10.1 Å². The van der Waals surface area contributed by atoms with E-state index in [2.05, 4.69) is 34.6 Å². The number of amides is 3. The Bertz CT molecular complexity index is 677. The number of thioether (sulfide) groups is 1. The number of imide groups is 1. The molecule has 134 valence electrons. The number of nitrogens with zero attached hydrogens (tertiary/aromatic N) is 3. The molecule has 7 heteroatoms. The SMILES string of the molecule is CC(C)N1C(SCCCc2ccccc2)=NC2C1C(=O)NC(=O)N2C. The molecule has 0 spiro atoms. The van der Waals surface area contributed by atoms with Crippen molar-refractivity contribution in [2.24, 2.45) is 4.99 Å². The molecule has 0 saturated carbocycles. The first-order valence-electron chi connectivity index (χ1n) is 8.59. The highest BCUT2D eigenvalue weighted by Crippen LogP contribution is 2.30. The average Bonchev–Trinajstić information content (AvgIpc) is 2.98. The van der Waals surface area contributed by atoms with Gasteiger partial charge in [-0.05, 0) is 32.3 Å². The van der Waals surface area contributed by atoms with Gasteiger partial charge in [-0.2, -0.15) is 0 Å². The molecule has 3 rings (SSSR count). The first kappa shape index (κ1) is 17.8. The molecule has 0 aliphatic carbocycles. The van der Waals surface area contributed by atoms with E-state index < -0.39 is 12.2 Å². The quantitative estimate of drug-likeness (QED) is 0.819. The van der Waals surface area contributed by atoms with E-state index in [0.29, 0.717) is 0 Å². The monoisotopic (exact) mass is 360 g/mol. The van der Waals surface area contributed by atoms with Gasteiger partial charge < -0.3 is 9.80 Å². The summed E-state index contributed by atoms with van der Waals surface area (Å²) in [5.74, 6) is 0.667. The molecule has 1 aromatic carbocycles. The van der Waals surface area contributed by atoms with Crippen LogP contribution in [0.4, 0.5) is 4.79 Å². The predicted molar refractivity (Wildman–Crippen MR) is 101 cm³/mol. The zero-order valence-electron chi connectivity index (χ0n) is 14.8. The third kappa shape index (κ3) is 3.66. The zero-order valence-corrected chi connectivity index (χ0v) is 15.6. The summed E-state index contributed by atoms with van der Waals surface area (Å²) in [4.78, 5) is 32.4. The Morgan fingerprint density at radius 3 is 2.64 bits per heavy atom. The molecule has 6 nitrogen and oxygen atoms in total. The van der Waals surface area contributed by atoms with E-state index in [1.54, 1.807) is 18.8 Å². The summed E-state index contributed by atoms with van der Waals surface area (Å²) in [6.07, 6.45) is 1.63. The highest BCUT2D eigenvalue weighted by atomic mass is 32.2. The van der Waals surface area contributed by atoms with E-state index in [1.807, 2.05) is 24.8 Å². The number of aryl methyl sites for hydroxylation is 1. The van der Waals surface area contributed by atoms with Gasteiger partial charge in [-0.25, -0.2) is 9.79 Å². The third-order valence-corrected chi connectivity index (χ3v) is 5.57. The van der Waals surface area contributed by atoms with Crippen LogP contribution in [0.3, 0.4) is 0 Å². The highest BCUT2D eigenvalue weighted by molar-refractivity contribution is 8.13. The van der Waals surface area contributed by atoms with E-state index in [0.717, 1.165) is 23.8 Å². The molecule has 2 unspecified atom stereocenters. The first-order valence-corrected chi connectivity index (χ1v) is 9.58. The van der Waals surface area contributed by atoms with Crippen LogP contribution in [0.5, 0.6) is 0 Å². The number of rotatable bonds is 5. The van der Waals surface area contributed by atoms with Crippen molar-refractivity contribution in [2.45, 2.75) is 44.9 Å². The van der Waals surface area contributed by atoms with Crippen LogP contribution in [0.2, 0.25) is 0 Å². The molecule has 2 heterocycles. The Kier molecular flexibility index (Phi) is 5.32. The van der Waals surface area contributed by atoms with Gasteiger partial charge in [0, 0.05) is 18.8 Å². The fraction of sp³-hybridized carbons (Fsp3) is 0.500. The Morgan fingerprint density at radius 1 is 1.24 bits per heavy atom. The normalized spacial score (nSPS) is 23.0.